The van der Waals surface area contributed by atoms with E-state index in [1.165, 1.54) is 0 Å². The van der Waals surface area contributed by atoms with Crippen molar-refractivity contribution in [3.8, 4) is 0 Å². The first kappa shape index (κ1) is 13.5. The fraction of sp³-hybridized carbons (Fsp3) is 0.818. The van der Waals surface area contributed by atoms with Crippen LogP contribution in [-0.4, -0.2) is 52.6 Å². The van der Waals surface area contributed by atoms with Crippen molar-refractivity contribution in [2.24, 2.45) is 5.92 Å². The highest BCUT2D eigenvalue weighted by atomic mass is 79.9. The van der Waals surface area contributed by atoms with Gasteiger partial charge in [-0.1, -0.05) is 29.8 Å². The molecule has 0 aromatic rings. The average Bonchev–Trinajstić information content (AvgIpc) is 2.27. The normalized spacial score (nSPS) is 18.8. The predicted molar refractivity (Wildman–Crippen MR) is 66.4 cm³/mol. The molecule has 1 fully saturated rings. The van der Waals surface area contributed by atoms with Crippen molar-refractivity contribution in [3.63, 3.8) is 0 Å². The van der Waals surface area contributed by atoms with Crippen molar-refractivity contribution in [1.29, 1.82) is 0 Å². The molecule has 1 rings (SSSR count). The van der Waals surface area contributed by atoms with Crippen LogP contribution < -0.4 is 0 Å². The monoisotopic (exact) mass is 290 g/mol. The van der Waals surface area contributed by atoms with Gasteiger partial charge in [0.1, 0.15) is 0 Å². The lowest BCUT2D eigenvalue weighted by molar-refractivity contribution is -0.138. The van der Waals surface area contributed by atoms with Crippen LogP contribution in [0.3, 0.4) is 0 Å². The van der Waals surface area contributed by atoms with Crippen molar-refractivity contribution in [1.82, 2.24) is 9.80 Å². The largest absolute Gasteiger partial charge is 0.339 e. The first-order valence-electron chi connectivity index (χ1n) is 5.62. The molecular formula is C11H19BrN2O2. The summed E-state index contributed by atoms with van der Waals surface area (Å²) in [6.45, 7) is 8.20. The molecule has 0 spiro atoms. The Bertz CT molecular complexity index is 273. The summed E-state index contributed by atoms with van der Waals surface area (Å²) in [4.78, 5) is 26.6. The first-order chi connectivity index (χ1) is 7.43. The maximum atomic E-state index is 12.0. The van der Waals surface area contributed by atoms with Gasteiger partial charge >= 0.3 is 0 Å². The van der Waals surface area contributed by atoms with Crippen LogP contribution in [0.4, 0.5) is 0 Å². The van der Waals surface area contributed by atoms with E-state index in [2.05, 4.69) is 15.9 Å². The minimum atomic E-state index is -0.114. The van der Waals surface area contributed by atoms with E-state index in [1.54, 1.807) is 11.8 Å². The van der Waals surface area contributed by atoms with Gasteiger partial charge in [0, 0.05) is 33.1 Å². The van der Waals surface area contributed by atoms with E-state index < -0.39 is 0 Å². The van der Waals surface area contributed by atoms with Crippen LogP contribution in [0.15, 0.2) is 0 Å². The van der Waals surface area contributed by atoms with Gasteiger partial charge in [0.2, 0.25) is 11.8 Å². The van der Waals surface area contributed by atoms with Crippen LogP contribution in [0, 0.1) is 5.92 Å². The van der Waals surface area contributed by atoms with Crippen LogP contribution >= 0.6 is 15.9 Å². The van der Waals surface area contributed by atoms with Gasteiger partial charge in [-0.3, -0.25) is 9.59 Å². The lowest BCUT2D eigenvalue weighted by atomic mass is 10.1. The molecule has 0 aromatic carbocycles. The molecule has 92 valence electrons. The van der Waals surface area contributed by atoms with Crippen molar-refractivity contribution in [2.45, 2.75) is 25.6 Å². The molecule has 1 heterocycles. The number of carbonyl (C=O) groups excluding carboxylic acids is 2. The molecular weight excluding hydrogens is 272 g/mol. The van der Waals surface area contributed by atoms with Gasteiger partial charge in [-0.2, -0.15) is 0 Å². The molecule has 5 heteroatoms. The van der Waals surface area contributed by atoms with Gasteiger partial charge in [-0.25, -0.2) is 0 Å². The molecule has 2 amide bonds. The quantitative estimate of drug-likeness (QED) is 0.715. The summed E-state index contributed by atoms with van der Waals surface area (Å²) in [6, 6.07) is 0. The summed E-state index contributed by atoms with van der Waals surface area (Å²) in [5.74, 6) is 0.517. The number of piperazine rings is 1. The second-order valence-electron chi connectivity index (χ2n) is 4.48. The Morgan fingerprint density at radius 1 is 1.06 bits per heavy atom. The zero-order valence-corrected chi connectivity index (χ0v) is 11.7. The number of halogens is 1. The van der Waals surface area contributed by atoms with Gasteiger partial charge < -0.3 is 9.80 Å². The molecule has 1 aliphatic heterocycles. The highest BCUT2D eigenvalue weighted by molar-refractivity contribution is 9.10. The highest BCUT2D eigenvalue weighted by Crippen LogP contribution is 2.16. The molecule has 1 saturated heterocycles. The first-order valence-corrected chi connectivity index (χ1v) is 6.53. The maximum absolute atomic E-state index is 12.0. The van der Waals surface area contributed by atoms with Crippen LogP contribution in [0.1, 0.15) is 20.8 Å². The standard InChI is InChI=1S/C11H19BrN2O2/c1-8(2)10(12)11(16)14-6-4-13(5-7-14)9(3)15/h8,10H,4-7H2,1-3H3. The minimum absolute atomic E-state index is 0.0892. The summed E-state index contributed by atoms with van der Waals surface area (Å²) in [6.07, 6.45) is 0. The van der Waals surface area contributed by atoms with Crippen molar-refractivity contribution in [3.05, 3.63) is 0 Å². The van der Waals surface area contributed by atoms with Crippen molar-refractivity contribution < 1.29 is 9.59 Å². The lowest BCUT2D eigenvalue weighted by Crippen LogP contribution is -2.52. The molecule has 1 atom stereocenters. The Balaban J connectivity index is 2.47. The van der Waals surface area contributed by atoms with Crippen molar-refractivity contribution >= 4 is 27.7 Å². The average molecular weight is 291 g/mol. The van der Waals surface area contributed by atoms with Gasteiger partial charge in [-0.05, 0) is 5.92 Å². The third-order valence-electron chi connectivity index (χ3n) is 2.86. The molecule has 0 saturated carbocycles. The highest BCUT2D eigenvalue weighted by Gasteiger charge is 2.27. The molecule has 1 unspecified atom stereocenters. The van der Waals surface area contributed by atoms with Crippen LogP contribution in [0.2, 0.25) is 0 Å². The fourth-order valence-electron chi connectivity index (χ4n) is 1.70. The molecule has 0 N–H and O–H groups in total. The van der Waals surface area contributed by atoms with E-state index in [4.69, 9.17) is 0 Å². The van der Waals surface area contributed by atoms with Gasteiger partial charge in [0.25, 0.3) is 0 Å². The van der Waals surface area contributed by atoms with Crippen LogP contribution in [-0.2, 0) is 9.59 Å². The third-order valence-corrected chi connectivity index (χ3v) is 4.31. The number of amides is 2. The number of alkyl halides is 1. The van der Waals surface area contributed by atoms with Crippen LogP contribution in [0.25, 0.3) is 0 Å². The Morgan fingerprint density at radius 3 is 1.88 bits per heavy atom. The van der Waals surface area contributed by atoms with E-state index in [0.29, 0.717) is 32.1 Å². The zero-order valence-electron chi connectivity index (χ0n) is 10.1. The zero-order chi connectivity index (χ0) is 12.3. The number of hydrogen-bond donors (Lipinski definition) is 0. The minimum Gasteiger partial charge on any atom is -0.339 e. The third kappa shape index (κ3) is 3.20. The van der Waals surface area contributed by atoms with Gasteiger partial charge in [-0.15, -0.1) is 0 Å². The maximum Gasteiger partial charge on any atom is 0.236 e. The summed E-state index contributed by atoms with van der Waals surface area (Å²) < 4.78 is 0. The van der Waals surface area contributed by atoms with E-state index in [0.717, 1.165) is 0 Å². The SMILES string of the molecule is CC(=O)N1CCN(C(=O)C(Br)C(C)C)CC1. The van der Waals surface area contributed by atoms with Gasteiger partial charge in [0.05, 0.1) is 4.83 Å². The Hall–Kier alpha value is -0.580. The summed E-state index contributed by atoms with van der Waals surface area (Å²) in [7, 11) is 0. The molecule has 0 radical (unpaired) electrons. The Kier molecular flexibility index (Phi) is 4.77. The lowest BCUT2D eigenvalue weighted by Gasteiger charge is -2.35. The molecule has 1 aliphatic rings. The van der Waals surface area contributed by atoms with E-state index >= 15 is 0 Å². The fourth-order valence-corrected chi connectivity index (χ4v) is 1.99. The Morgan fingerprint density at radius 2 is 1.50 bits per heavy atom. The number of hydrogen-bond acceptors (Lipinski definition) is 2. The summed E-state index contributed by atoms with van der Waals surface area (Å²) >= 11 is 3.42. The number of rotatable bonds is 2. The number of carbonyl (C=O) groups is 2. The second kappa shape index (κ2) is 5.66. The summed E-state index contributed by atoms with van der Waals surface area (Å²) in [5, 5.41) is 0. The molecule has 16 heavy (non-hydrogen) atoms. The van der Waals surface area contributed by atoms with E-state index in [1.807, 2.05) is 18.7 Å². The van der Waals surface area contributed by atoms with E-state index in [-0.39, 0.29) is 16.6 Å². The van der Waals surface area contributed by atoms with Gasteiger partial charge in [0.15, 0.2) is 0 Å². The number of nitrogens with zero attached hydrogens (tertiary/aromatic N) is 2. The second-order valence-corrected chi connectivity index (χ2v) is 5.46. The molecule has 0 bridgehead atoms. The molecule has 4 nitrogen and oxygen atoms in total. The summed E-state index contributed by atoms with van der Waals surface area (Å²) in [5.41, 5.74) is 0. The van der Waals surface area contributed by atoms with Crippen LogP contribution in [0.5, 0.6) is 0 Å². The smallest absolute Gasteiger partial charge is 0.236 e. The predicted octanol–water partition coefficient (Wildman–Crippen LogP) is 1.10. The molecule has 0 aliphatic carbocycles. The topological polar surface area (TPSA) is 40.6 Å². The molecule has 0 aromatic heterocycles. The Labute approximate surface area is 105 Å². The van der Waals surface area contributed by atoms with Crippen molar-refractivity contribution in [2.75, 3.05) is 26.2 Å². The van der Waals surface area contributed by atoms with E-state index in [9.17, 15) is 9.59 Å².